The number of thioether (sulfide) groups is 1. The number of urea groups is 1. The Balaban J connectivity index is 1.26. The lowest BCUT2D eigenvalue weighted by molar-refractivity contribution is -0.125. The van der Waals surface area contributed by atoms with Gasteiger partial charge in [0.05, 0.1) is 34.2 Å². The first-order valence-electron chi connectivity index (χ1n) is 12.6. The highest BCUT2D eigenvalue weighted by atomic mass is 32.2. The molecule has 3 saturated heterocycles. The second kappa shape index (κ2) is 9.90. The number of amides is 4. The molecule has 3 unspecified atom stereocenters. The second-order valence-corrected chi connectivity index (χ2v) is 10.9. The van der Waals surface area contributed by atoms with E-state index in [-0.39, 0.29) is 48.3 Å². The van der Waals surface area contributed by atoms with Crippen molar-refractivity contribution in [1.82, 2.24) is 25.8 Å². The van der Waals surface area contributed by atoms with Crippen molar-refractivity contribution in [2.24, 2.45) is 5.92 Å². The summed E-state index contributed by atoms with van der Waals surface area (Å²) in [7, 11) is 0. The van der Waals surface area contributed by atoms with Crippen LogP contribution in [0.25, 0.3) is 11.3 Å². The molecule has 6 rings (SSSR count). The van der Waals surface area contributed by atoms with Gasteiger partial charge in [0, 0.05) is 42.2 Å². The Morgan fingerprint density at radius 2 is 2.03 bits per heavy atom. The van der Waals surface area contributed by atoms with Crippen LogP contribution in [0.3, 0.4) is 0 Å². The molecule has 196 valence electrons. The molecule has 11 heteroatoms. The Morgan fingerprint density at radius 3 is 2.82 bits per heavy atom. The van der Waals surface area contributed by atoms with Gasteiger partial charge in [-0.25, -0.2) is 4.79 Å². The predicted molar refractivity (Wildman–Crippen MR) is 144 cm³/mol. The number of piperidine rings is 1. The fourth-order valence-corrected chi connectivity index (χ4v) is 7.13. The number of β-amino-alcohol motifs (C(OH)–C–C–N with tert-alkyl or cyclic N) is 1. The lowest BCUT2D eigenvalue weighted by atomic mass is 9.86. The smallest absolute Gasteiger partial charge is 0.326 e. The fraction of sp³-hybridized carbons (Fsp3) is 0.333. The predicted octanol–water partition coefficient (Wildman–Crippen LogP) is 1.41. The molecular weight excluding hydrogens is 504 g/mol. The zero-order valence-corrected chi connectivity index (χ0v) is 21.4. The van der Waals surface area contributed by atoms with E-state index in [4.69, 9.17) is 0 Å². The molecule has 5 atom stereocenters. The minimum absolute atomic E-state index is 0.0737. The molecule has 2 aromatic rings. The zero-order valence-electron chi connectivity index (χ0n) is 20.5. The molecule has 4 aliphatic rings. The third-order valence-electron chi connectivity index (χ3n) is 7.53. The summed E-state index contributed by atoms with van der Waals surface area (Å²) in [6.07, 6.45) is 2.76. The van der Waals surface area contributed by atoms with E-state index in [1.54, 1.807) is 11.1 Å². The number of aliphatic hydroxyl groups excluding tert-OH is 1. The second-order valence-electron chi connectivity index (χ2n) is 9.78. The minimum atomic E-state index is -0.880. The van der Waals surface area contributed by atoms with E-state index in [0.717, 1.165) is 23.4 Å². The number of nitrogens with zero attached hydrogens (tertiary/aromatic N) is 3. The quantitative estimate of drug-likeness (QED) is 0.429. The molecule has 4 aliphatic heterocycles. The lowest BCUT2D eigenvalue weighted by Gasteiger charge is -2.45. The molecule has 5 heterocycles. The van der Waals surface area contributed by atoms with Gasteiger partial charge in [0.25, 0.3) is 5.91 Å². The van der Waals surface area contributed by atoms with Gasteiger partial charge in [-0.15, -0.1) is 0 Å². The number of carbonyl (C=O) groups is 3. The monoisotopic (exact) mass is 532 g/mol. The van der Waals surface area contributed by atoms with Crippen LogP contribution in [0.1, 0.15) is 6.42 Å². The molecule has 0 bridgehead atoms. The molecule has 10 nitrogen and oxygen atoms in total. The Labute approximate surface area is 224 Å². The fourth-order valence-electron chi connectivity index (χ4n) is 5.73. The van der Waals surface area contributed by atoms with Gasteiger partial charge in [0.1, 0.15) is 0 Å². The van der Waals surface area contributed by atoms with Crippen molar-refractivity contribution in [3.8, 4) is 11.3 Å². The molecule has 0 aliphatic carbocycles. The summed E-state index contributed by atoms with van der Waals surface area (Å²) in [5.41, 5.74) is 3.11. The molecular formula is C27H28N6O4S. The highest BCUT2D eigenvalue weighted by molar-refractivity contribution is 8.04. The first-order chi connectivity index (χ1) is 18.4. The van der Waals surface area contributed by atoms with Crippen LogP contribution < -0.4 is 20.9 Å². The first kappa shape index (κ1) is 24.7. The number of benzene rings is 1. The molecule has 38 heavy (non-hydrogen) atoms. The Bertz CT molecular complexity index is 1330. The normalized spacial score (nSPS) is 28.1. The van der Waals surface area contributed by atoms with Crippen LogP contribution in [-0.2, 0) is 9.59 Å². The molecule has 0 radical (unpaired) electrons. The van der Waals surface area contributed by atoms with Gasteiger partial charge in [-0.1, -0.05) is 48.7 Å². The van der Waals surface area contributed by atoms with Gasteiger partial charge < -0.3 is 26.0 Å². The number of rotatable bonds is 5. The van der Waals surface area contributed by atoms with Crippen molar-refractivity contribution in [2.45, 2.75) is 30.0 Å². The van der Waals surface area contributed by atoms with Crippen LogP contribution in [0.5, 0.6) is 0 Å². The average molecular weight is 533 g/mol. The van der Waals surface area contributed by atoms with Crippen molar-refractivity contribution in [2.75, 3.05) is 24.5 Å². The summed E-state index contributed by atoms with van der Waals surface area (Å²) in [6.45, 7) is 4.52. The number of nitrogens with one attached hydrogen (secondary N) is 3. The van der Waals surface area contributed by atoms with Gasteiger partial charge in [0.15, 0.2) is 0 Å². The summed E-state index contributed by atoms with van der Waals surface area (Å²) in [5.74, 6) is -0.754. The van der Waals surface area contributed by atoms with Crippen LogP contribution in [0.2, 0.25) is 0 Å². The summed E-state index contributed by atoms with van der Waals surface area (Å²) in [4.78, 5) is 47.0. The van der Waals surface area contributed by atoms with E-state index in [0.29, 0.717) is 17.1 Å². The van der Waals surface area contributed by atoms with Crippen LogP contribution in [-0.4, -0.2) is 76.0 Å². The molecule has 1 aromatic heterocycles. The van der Waals surface area contributed by atoms with Crippen molar-refractivity contribution >= 4 is 35.3 Å². The number of hydrogen-bond acceptors (Lipinski definition) is 7. The van der Waals surface area contributed by atoms with E-state index < -0.39 is 12.1 Å². The van der Waals surface area contributed by atoms with E-state index >= 15 is 0 Å². The number of hydrogen-bond donors (Lipinski definition) is 4. The Hall–Kier alpha value is -3.67. The first-order valence-corrected chi connectivity index (χ1v) is 13.5. The van der Waals surface area contributed by atoms with E-state index in [2.05, 4.69) is 27.5 Å². The SMILES string of the molecule is C=CC(=O)N1C[C@@H](O)[C@@H](NC(=O)C2=C3NC(=O)N(c4ccnc(-c5ccccc5)c4)C4CCNC(S2)C34)C1. The van der Waals surface area contributed by atoms with Gasteiger partial charge in [-0.2, -0.15) is 0 Å². The molecule has 4 N–H and O–H groups in total. The summed E-state index contributed by atoms with van der Waals surface area (Å²) < 4.78 is 0. The molecule has 1 aromatic carbocycles. The number of aliphatic hydroxyl groups is 1. The van der Waals surface area contributed by atoms with E-state index in [1.807, 2.05) is 42.5 Å². The molecule has 0 saturated carbocycles. The van der Waals surface area contributed by atoms with Crippen LogP contribution in [0.4, 0.5) is 10.5 Å². The van der Waals surface area contributed by atoms with Crippen LogP contribution in [0.15, 0.2) is 71.9 Å². The van der Waals surface area contributed by atoms with Crippen molar-refractivity contribution in [3.05, 3.63) is 71.9 Å². The largest absolute Gasteiger partial charge is 0.389 e. The summed E-state index contributed by atoms with van der Waals surface area (Å²) in [5, 5.41) is 19.7. The molecule has 3 fully saturated rings. The summed E-state index contributed by atoms with van der Waals surface area (Å²) in [6, 6.07) is 12.6. The third kappa shape index (κ3) is 4.26. The van der Waals surface area contributed by atoms with Crippen LogP contribution >= 0.6 is 11.8 Å². The number of carbonyl (C=O) groups excluding carboxylic acids is 3. The third-order valence-corrected chi connectivity index (χ3v) is 8.89. The van der Waals surface area contributed by atoms with Gasteiger partial charge >= 0.3 is 6.03 Å². The standard InChI is InChI=1S/C27H28N6O4S/c1-2-21(35)32-13-18(20(34)14-32)30-25(36)24-23-22-19(9-11-29-26(22)38-24)33(27(37)31-23)16-8-10-28-17(12-16)15-6-4-3-5-7-15/h2-8,10,12,18-20,22,26,29,34H,1,9,11,13-14H2,(H,30,36)(H,31,37)/t18-,19?,20+,22?,26?/m0/s1. The van der Waals surface area contributed by atoms with E-state index in [9.17, 15) is 19.5 Å². The average Bonchev–Trinajstić information content (AvgIpc) is 3.50. The van der Waals surface area contributed by atoms with Gasteiger partial charge in [0.2, 0.25) is 5.91 Å². The topological polar surface area (TPSA) is 127 Å². The highest BCUT2D eigenvalue weighted by Crippen LogP contribution is 2.48. The highest BCUT2D eigenvalue weighted by Gasteiger charge is 2.52. The lowest BCUT2D eigenvalue weighted by Crippen LogP contribution is -2.62. The summed E-state index contributed by atoms with van der Waals surface area (Å²) >= 11 is 1.40. The van der Waals surface area contributed by atoms with Gasteiger partial charge in [-0.05, 0) is 31.2 Å². The van der Waals surface area contributed by atoms with Gasteiger partial charge in [-0.3, -0.25) is 19.5 Å². The maximum Gasteiger partial charge on any atom is 0.326 e. The Kier molecular flexibility index (Phi) is 6.42. The molecule has 0 spiro atoms. The van der Waals surface area contributed by atoms with Crippen molar-refractivity contribution in [1.29, 1.82) is 0 Å². The number of anilines is 1. The van der Waals surface area contributed by atoms with Crippen molar-refractivity contribution < 1.29 is 19.5 Å². The maximum atomic E-state index is 13.5. The Morgan fingerprint density at radius 1 is 1.21 bits per heavy atom. The number of pyridine rings is 1. The van der Waals surface area contributed by atoms with Crippen LogP contribution in [0, 0.1) is 5.92 Å². The van der Waals surface area contributed by atoms with Crippen molar-refractivity contribution in [3.63, 3.8) is 0 Å². The maximum absolute atomic E-state index is 13.5. The zero-order chi connectivity index (χ0) is 26.4. The number of aromatic nitrogens is 1. The minimum Gasteiger partial charge on any atom is -0.389 e. The number of likely N-dealkylation sites (tertiary alicyclic amines) is 1. The van der Waals surface area contributed by atoms with E-state index in [1.165, 1.54) is 22.7 Å². The molecule has 4 amide bonds.